The number of nitrogens with one attached hydrogen (secondary N) is 1. The Kier molecular flexibility index (Phi) is 8.40. The monoisotopic (exact) mass is 188 g/mol. The van der Waals surface area contributed by atoms with Gasteiger partial charge in [0.2, 0.25) is 0 Å². The standard InChI is InChI=1S/C10H24N2O/c1-5-12(6-2)9-10(3)11-7-8-13-4/h10-11H,5-9H2,1-4H3. The molecule has 0 saturated carbocycles. The van der Waals surface area contributed by atoms with Crippen molar-refractivity contribution in [3.05, 3.63) is 0 Å². The minimum atomic E-state index is 0.551. The first-order valence-corrected chi connectivity index (χ1v) is 5.19. The van der Waals surface area contributed by atoms with Crippen LogP contribution in [0.25, 0.3) is 0 Å². The third-order valence-corrected chi connectivity index (χ3v) is 2.23. The van der Waals surface area contributed by atoms with E-state index in [4.69, 9.17) is 4.74 Å². The van der Waals surface area contributed by atoms with Gasteiger partial charge in [0.15, 0.2) is 0 Å². The topological polar surface area (TPSA) is 24.5 Å². The van der Waals surface area contributed by atoms with Crippen molar-refractivity contribution in [1.29, 1.82) is 0 Å². The van der Waals surface area contributed by atoms with Crippen molar-refractivity contribution in [2.24, 2.45) is 0 Å². The number of hydrogen-bond acceptors (Lipinski definition) is 3. The molecule has 0 spiro atoms. The van der Waals surface area contributed by atoms with Gasteiger partial charge in [-0.3, -0.25) is 0 Å². The van der Waals surface area contributed by atoms with E-state index in [-0.39, 0.29) is 0 Å². The number of ether oxygens (including phenoxy) is 1. The first-order chi connectivity index (χ1) is 6.24. The highest BCUT2D eigenvalue weighted by Gasteiger charge is 2.05. The number of nitrogens with zero attached hydrogens (tertiary/aromatic N) is 1. The molecular formula is C10H24N2O. The van der Waals surface area contributed by atoms with Gasteiger partial charge in [-0.1, -0.05) is 13.8 Å². The Morgan fingerprint density at radius 3 is 2.38 bits per heavy atom. The molecule has 0 heterocycles. The maximum atomic E-state index is 4.97. The normalized spacial score (nSPS) is 13.6. The highest BCUT2D eigenvalue weighted by Crippen LogP contribution is 1.90. The van der Waals surface area contributed by atoms with Gasteiger partial charge in [0.1, 0.15) is 0 Å². The van der Waals surface area contributed by atoms with Gasteiger partial charge in [-0.05, 0) is 20.0 Å². The van der Waals surface area contributed by atoms with E-state index in [0.717, 1.165) is 32.8 Å². The Bertz CT molecular complexity index is 105. The van der Waals surface area contributed by atoms with E-state index in [2.05, 4.69) is 31.0 Å². The van der Waals surface area contributed by atoms with Gasteiger partial charge in [-0.2, -0.15) is 0 Å². The summed E-state index contributed by atoms with van der Waals surface area (Å²) in [4.78, 5) is 2.42. The zero-order valence-electron chi connectivity index (χ0n) is 9.47. The molecule has 0 saturated heterocycles. The average Bonchev–Trinajstić information content (AvgIpc) is 2.14. The van der Waals surface area contributed by atoms with Gasteiger partial charge in [-0.25, -0.2) is 0 Å². The second kappa shape index (κ2) is 8.48. The summed E-state index contributed by atoms with van der Waals surface area (Å²) in [5.41, 5.74) is 0. The highest BCUT2D eigenvalue weighted by molar-refractivity contribution is 4.65. The van der Waals surface area contributed by atoms with Crippen LogP contribution in [0.15, 0.2) is 0 Å². The lowest BCUT2D eigenvalue weighted by Gasteiger charge is -2.23. The molecule has 0 bridgehead atoms. The zero-order valence-corrected chi connectivity index (χ0v) is 9.47. The van der Waals surface area contributed by atoms with Crippen molar-refractivity contribution in [3.8, 4) is 0 Å². The average molecular weight is 188 g/mol. The second-order valence-electron chi connectivity index (χ2n) is 3.33. The molecule has 0 aliphatic heterocycles. The SMILES string of the molecule is CCN(CC)CC(C)NCCOC. The van der Waals surface area contributed by atoms with E-state index < -0.39 is 0 Å². The van der Waals surface area contributed by atoms with Crippen LogP contribution in [0.1, 0.15) is 20.8 Å². The van der Waals surface area contributed by atoms with Crippen molar-refractivity contribution in [3.63, 3.8) is 0 Å². The van der Waals surface area contributed by atoms with Crippen molar-refractivity contribution < 1.29 is 4.74 Å². The van der Waals surface area contributed by atoms with Crippen LogP contribution in [0, 0.1) is 0 Å². The maximum absolute atomic E-state index is 4.97. The molecule has 0 aromatic rings. The summed E-state index contributed by atoms with van der Waals surface area (Å²) >= 11 is 0. The first kappa shape index (κ1) is 12.9. The van der Waals surface area contributed by atoms with E-state index in [1.807, 2.05) is 0 Å². The lowest BCUT2D eigenvalue weighted by molar-refractivity contribution is 0.190. The fraction of sp³-hybridized carbons (Fsp3) is 1.00. The number of rotatable bonds is 8. The lowest BCUT2D eigenvalue weighted by Crippen LogP contribution is -2.40. The summed E-state index contributed by atoms with van der Waals surface area (Å²) in [6.07, 6.45) is 0. The van der Waals surface area contributed by atoms with Crippen LogP contribution < -0.4 is 5.32 Å². The summed E-state index contributed by atoms with van der Waals surface area (Å²) in [6, 6.07) is 0.551. The van der Waals surface area contributed by atoms with E-state index in [0.29, 0.717) is 6.04 Å². The third-order valence-electron chi connectivity index (χ3n) is 2.23. The van der Waals surface area contributed by atoms with E-state index in [1.54, 1.807) is 7.11 Å². The molecule has 0 aromatic heterocycles. The van der Waals surface area contributed by atoms with E-state index in [1.165, 1.54) is 0 Å². The van der Waals surface area contributed by atoms with Crippen LogP contribution in [0.2, 0.25) is 0 Å². The van der Waals surface area contributed by atoms with Gasteiger partial charge in [0, 0.05) is 26.2 Å². The molecule has 0 amide bonds. The molecule has 0 aliphatic carbocycles. The predicted octanol–water partition coefficient (Wildman–Crippen LogP) is 0.953. The molecule has 1 unspecified atom stereocenters. The lowest BCUT2D eigenvalue weighted by atomic mass is 10.3. The Morgan fingerprint density at radius 1 is 1.31 bits per heavy atom. The van der Waals surface area contributed by atoms with Crippen LogP contribution in [0.3, 0.4) is 0 Å². The summed E-state index contributed by atoms with van der Waals surface area (Å²) in [5.74, 6) is 0. The Hall–Kier alpha value is -0.120. The molecule has 0 radical (unpaired) electrons. The smallest absolute Gasteiger partial charge is 0.0587 e. The molecular weight excluding hydrogens is 164 g/mol. The molecule has 0 rings (SSSR count). The molecule has 1 N–H and O–H groups in total. The van der Waals surface area contributed by atoms with Crippen molar-refractivity contribution in [2.75, 3.05) is 39.9 Å². The summed E-state index contributed by atoms with van der Waals surface area (Å²) < 4.78 is 4.97. The van der Waals surface area contributed by atoms with Crippen molar-refractivity contribution in [1.82, 2.24) is 10.2 Å². The number of methoxy groups -OCH3 is 1. The molecule has 3 nitrogen and oxygen atoms in total. The van der Waals surface area contributed by atoms with E-state index in [9.17, 15) is 0 Å². The third kappa shape index (κ3) is 6.99. The van der Waals surface area contributed by atoms with Crippen LogP contribution >= 0.6 is 0 Å². The van der Waals surface area contributed by atoms with Crippen molar-refractivity contribution >= 4 is 0 Å². The number of hydrogen-bond donors (Lipinski definition) is 1. The molecule has 3 heteroatoms. The molecule has 0 aliphatic rings. The Labute approximate surface area is 82.4 Å². The van der Waals surface area contributed by atoms with Crippen LogP contribution in [-0.2, 0) is 4.74 Å². The quantitative estimate of drug-likeness (QED) is 0.574. The molecule has 0 fully saturated rings. The zero-order chi connectivity index (χ0) is 10.1. The number of likely N-dealkylation sites (N-methyl/N-ethyl adjacent to an activating group) is 1. The fourth-order valence-corrected chi connectivity index (χ4v) is 1.34. The van der Waals surface area contributed by atoms with Gasteiger partial charge in [-0.15, -0.1) is 0 Å². The highest BCUT2D eigenvalue weighted by atomic mass is 16.5. The first-order valence-electron chi connectivity index (χ1n) is 5.19. The summed E-state index contributed by atoms with van der Waals surface area (Å²) in [6.45, 7) is 11.7. The minimum Gasteiger partial charge on any atom is -0.383 e. The van der Waals surface area contributed by atoms with E-state index >= 15 is 0 Å². The van der Waals surface area contributed by atoms with Gasteiger partial charge in [0.25, 0.3) is 0 Å². The minimum absolute atomic E-state index is 0.551. The van der Waals surface area contributed by atoms with Crippen molar-refractivity contribution in [2.45, 2.75) is 26.8 Å². The molecule has 0 aromatic carbocycles. The predicted molar refractivity (Wildman–Crippen MR) is 57.1 cm³/mol. The Balaban J connectivity index is 3.42. The summed E-state index contributed by atoms with van der Waals surface area (Å²) in [5, 5.41) is 3.42. The van der Waals surface area contributed by atoms with Gasteiger partial charge in [0.05, 0.1) is 6.61 Å². The van der Waals surface area contributed by atoms with Gasteiger partial charge >= 0.3 is 0 Å². The molecule has 1 atom stereocenters. The van der Waals surface area contributed by atoms with Crippen LogP contribution in [0.5, 0.6) is 0 Å². The summed E-state index contributed by atoms with van der Waals surface area (Å²) in [7, 11) is 1.73. The molecule has 80 valence electrons. The largest absolute Gasteiger partial charge is 0.383 e. The van der Waals surface area contributed by atoms with Gasteiger partial charge < -0.3 is 15.0 Å². The maximum Gasteiger partial charge on any atom is 0.0587 e. The fourth-order valence-electron chi connectivity index (χ4n) is 1.34. The van der Waals surface area contributed by atoms with Crippen LogP contribution in [0.4, 0.5) is 0 Å². The molecule has 13 heavy (non-hydrogen) atoms. The van der Waals surface area contributed by atoms with Crippen LogP contribution in [-0.4, -0.2) is 50.8 Å². The second-order valence-corrected chi connectivity index (χ2v) is 3.33. The Morgan fingerprint density at radius 2 is 1.92 bits per heavy atom.